The Labute approximate surface area is 148 Å². The molecule has 0 unspecified atom stereocenters. The van der Waals surface area contributed by atoms with Crippen LogP contribution < -0.4 is 4.90 Å². The summed E-state index contributed by atoms with van der Waals surface area (Å²) in [6, 6.07) is 16.6. The Morgan fingerprint density at radius 3 is 2.38 bits per heavy atom. The summed E-state index contributed by atoms with van der Waals surface area (Å²) < 4.78 is 0. The Balaban J connectivity index is 1.60. The second-order valence-electron chi connectivity index (χ2n) is 6.25. The number of carbonyl (C=O) groups is 1. The highest BCUT2D eigenvalue weighted by Crippen LogP contribution is 2.19. The monoisotopic (exact) mass is 340 g/mol. The van der Waals surface area contributed by atoms with Crippen molar-refractivity contribution in [3.05, 3.63) is 65.2 Å². The van der Waals surface area contributed by atoms with Gasteiger partial charge in [-0.2, -0.15) is 11.8 Å². The number of piperazine rings is 1. The van der Waals surface area contributed by atoms with Crippen LogP contribution in [0.2, 0.25) is 0 Å². The summed E-state index contributed by atoms with van der Waals surface area (Å²) in [5.41, 5.74) is 4.59. The first-order valence-corrected chi connectivity index (χ1v) is 9.75. The molecule has 0 bridgehead atoms. The average Bonchev–Trinajstić information content (AvgIpc) is 2.62. The average molecular weight is 340 g/mol. The molecule has 1 heterocycles. The second kappa shape index (κ2) is 7.75. The van der Waals surface area contributed by atoms with Crippen LogP contribution in [-0.4, -0.2) is 43.2 Å². The molecule has 24 heavy (non-hydrogen) atoms. The fraction of sp³-hybridized carbons (Fsp3) is 0.350. The normalized spacial score (nSPS) is 14.8. The minimum Gasteiger partial charge on any atom is -0.368 e. The Bertz CT molecular complexity index is 691. The zero-order valence-corrected chi connectivity index (χ0v) is 15.2. The van der Waals surface area contributed by atoms with Crippen LogP contribution >= 0.6 is 11.8 Å². The van der Waals surface area contributed by atoms with Gasteiger partial charge in [-0.05, 0) is 48.6 Å². The molecular weight excluding hydrogens is 316 g/mol. The van der Waals surface area contributed by atoms with Crippen LogP contribution in [0.4, 0.5) is 5.69 Å². The van der Waals surface area contributed by atoms with Crippen molar-refractivity contribution in [1.82, 2.24) is 4.90 Å². The first-order chi connectivity index (χ1) is 11.7. The van der Waals surface area contributed by atoms with Crippen molar-refractivity contribution in [3.63, 3.8) is 0 Å². The van der Waals surface area contributed by atoms with Gasteiger partial charge < -0.3 is 9.80 Å². The van der Waals surface area contributed by atoms with E-state index in [4.69, 9.17) is 0 Å². The summed E-state index contributed by atoms with van der Waals surface area (Å²) in [6.07, 6.45) is 2.09. The molecule has 0 N–H and O–H groups in total. The van der Waals surface area contributed by atoms with Crippen molar-refractivity contribution >= 4 is 23.4 Å². The van der Waals surface area contributed by atoms with Crippen LogP contribution in [0.25, 0.3) is 0 Å². The molecule has 1 aliphatic heterocycles. The number of anilines is 1. The van der Waals surface area contributed by atoms with Crippen LogP contribution in [0.15, 0.2) is 48.5 Å². The zero-order valence-electron chi connectivity index (χ0n) is 14.4. The summed E-state index contributed by atoms with van der Waals surface area (Å²) in [4.78, 5) is 17.0. The highest BCUT2D eigenvalue weighted by Gasteiger charge is 2.22. The molecule has 0 aliphatic carbocycles. The molecule has 0 saturated carbocycles. The summed E-state index contributed by atoms with van der Waals surface area (Å²) in [5, 5.41) is 0. The van der Waals surface area contributed by atoms with E-state index in [0.717, 1.165) is 37.5 Å². The molecular formula is C20H24N2OS. The minimum atomic E-state index is 0.148. The second-order valence-corrected chi connectivity index (χ2v) is 7.11. The summed E-state index contributed by atoms with van der Waals surface area (Å²) >= 11 is 1.80. The third-order valence-electron chi connectivity index (χ3n) is 4.45. The molecule has 3 rings (SSSR count). The third kappa shape index (κ3) is 3.93. The summed E-state index contributed by atoms with van der Waals surface area (Å²) in [5.74, 6) is 1.14. The molecule has 0 radical (unpaired) electrons. The van der Waals surface area contributed by atoms with E-state index in [2.05, 4.69) is 54.5 Å². The molecule has 1 fully saturated rings. The van der Waals surface area contributed by atoms with E-state index in [-0.39, 0.29) is 5.91 Å². The molecule has 1 amide bonds. The summed E-state index contributed by atoms with van der Waals surface area (Å²) in [6.45, 7) is 5.45. The fourth-order valence-corrected chi connectivity index (χ4v) is 3.61. The molecule has 0 atom stereocenters. The van der Waals surface area contributed by atoms with E-state index in [1.165, 1.54) is 16.8 Å². The van der Waals surface area contributed by atoms with E-state index in [1.54, 1.807) is 11.8 Å². The number of aryl methyl sites for hydroxylation is 1. The van der Waals surface area contributed by atoms with Gasteiger partial charge in [0.1, 0.15) is 0 Å². The van der Waals surface area contributed by atoms with E-state index >= 15 is 0 Å². The number of rotatable bonds is 4. The molecule has 1 saturated heterocycles. The quantitative estimate of drug-likeness (QED) is 0.845. The van der Waals surface area contributed by atoms with Crippen LogP contribution in [0.3, 0.4) is 0 Å². The van der Waals surface area contributed by atoms with E-state index in [9.17, 15) is 4.79 Å². The molecule has 2 aromatic rings. The van der Waals surface area contributed by atoms with Crippen molar-refractivity contribution in [2.24, 2.45) is 0 Å². The number of hydrogen-bond acceptors (Lipinski definition) is 3. The molecule has 126 valence electrons. The lowest BCUT2D eigenvalue weighted by atomic mass is 10.1. The van der Waals surface area contributed by atoms with Gasteiger partial charge in [0, 0.05) is 43.2 Å². The van der Waals surface area contributed by atoms with Crippen molar-refractivity contribution < 1.29 is 4.79 Å². The van der Waals surface area contributed by atoms with Gasteiger partial charge in [-0.3, -0.25) is 4.79 Å². The van der Waals surface area contributed by atoms with Gasteiger partial charge >= 0.3 is 0 Å². The zero-order chi connectivity index (χ0) is 16.9. The van der Waals surface area contributed by atoms with E-state index < -0.39 is 0 Å². The lowest BCUT2D eigenvalue weighted by molar-refractivity contribution is 0.0747. The van der Waals surface area contributed by atoms with E-state index in [1.807, 2.05) is 17.0 Å². The SMILES string of the molecule is CSCc1ccc(C(=O)N2CCN(c3cccc(C)c3)CC2)cc1. The van der Waals surface area contributed by atoms with Gasteiger partial charge in [0.15, 0.2) is 0 Å². The highest BCUT2D eigenvalue weighted by atomic mass is 32.2. The van der Waals surface area contributed by atoms with Crippen LogP contribution in [0, 0.1) is 6.92 Å². The molecule has 2 aromatic carbocycles. The van der Waals surface area contributed by atoms with Crippen LogP contribution in [0.5, 0.6) is 0 Å². The number of carbonyl (C=O) groups excluding carboxylic acids is 1. The van der Waals surface area contributed by atoms with Crippen molar-refractivity contribution in [2.45, 2.75) is 12.7 Å². The standard InChI is InChI=1S/C20H24N2OS/c1-16-4-3-5-19(14-16)21-10-12-22(13-11-21)20(23)18-8-6-17(7-9-18)15-24-2/h3-9,14H,10-13,15H2,1-2H3. The van der Waals surface area contributed by atoms with Crippen molar-refractivity contribution in [2.75, 3.05) is 37.3 Å². The molecule has 1 aliphatic rings. The Kier molecular flexibility index (Phi) is 5.46. The number of nitrogens with zero attached hydrogens (tertiary/aromatic N) is 2. The third-order valence-corrected chi connectivity index (χ3v) is 5.07. The Morgan fingerprint density at radius 1 is 1.04 bits per heavy atom. The van der Waals surface area contributed by atoms with E-state index in [0.29, 0.717) is 0 Å². The molecule has 0 aromatic heterocycles. The first kappa shape index (κ1) is 16.9. The van der Waals surface area contributed by atoms with Crippen molar-refractivity contribution in [1.29, 1.82) is 0 Å². The lowest BCUT2D eigenvalue weighted by Gasteiger charge is -2.36. The molecule has 3 nitrogen and oxygen atoms in total. The highest BCUT2D eigenvalue weighted by molar-refractivity contribution is 7.97. The minimum absolute atomic E-state index is 0.148. The molecule has 0 spiro atoms. The predicted molar refractivity (Wildman–Crippen MR) is 103 cm³/mol. The number of amides is 1. The maximum Gasteiger partial charge on any atom is 0.253 e. The molecule has 4 heteroatoms. The van der Waals surface area contributed by atoms with Crippen LogP contribution in [0.1, 0.15) is 21.5 Å². The van der Waals surface area contributed by atoms with Crippen molar-refractivity contribution in [3.8, 4) is 0 Å². The van der Waals surface area contributed by atoms with Gasteiger partial charge in [0.25, 0.3) is 5.91 Å². The van der Waals surface area contributed by atoms with Gasteiger partial charge in [-0.1, -0.05) is 24.3 Å². The number of benzene rings is 2. The number of thioether (sulfide) groups is 1. The van der Waals surface area contributed by atoms with Gasteiger partial charge in [0.2, 0.25) is 0 Å². The van der Waals surface area contributed by atoms with Gasteiger partial charge in [-0.15, -0.1) is 0 Å². The summed E-state index contributed by atoms with van der Waals surface area (Å²) in [7, 11) is 0. The number of hydrogen-bond donors (Lipinski definition) is 0. The Morgan fingerprint density at radius 2 is 1.75 bits per heavy atom. The fourth-order valence-electron chi connectivity index (χ4n) is 3.09. The smallest absolute Gasteiger partial charge is 0.253 e. The topological polar surface area (TPSA) is 23.6 Å². The van der Waals surface area contributed by atoms with Gasteiger partial charge in [0.05, 0.1) is 0 Å². The lowest BCUT2D eigenvalue weighted by Crippen LogP contribution is -2.48. The maximum atomic E-state index is 12.7. The van der Waals surface area contributed by atoms with Crippen LogP contribution in [-0.2, 0) is 5.75 Å². The largest absolute Gasteiger partial charge is 0.368 e. The maximum absolute atomic E-state index is 12.7. The van der Waals surface area contributed by atoms with Gasteiger partial charge in [-0.25, -0.2) is 0 Å². The first-order valence-electron chi connectivity index (χ1n) is 8.36. The predicted octanol–water partition coefficient (Wildman–Crippen LogP) is 3.82. The Hall–Kier alpha value is -1.94.